The second kappa shape index (κ2) is 11.0. The summed E-state index contributed by atoms with van der Waals surface area (Å²) in [5.74, 6) is 2.53. The minimum Gasteiger partial charge on any atom is -0.508 e. The van der Waals surface area contributed by atoms with Gasteiger partial charge in [0.05, 0.1) is 0 Å². The molecule has 0 saturated carbocycles. The summed E-state index contributed by atoms with van der Waals surface area (Å²) in [6, 6.07) is 7.43. The standard InChI is InChI=1S/C17H27N3OS.HI/c1-3-16-13-20(10-11-22-16)17(18-4-2)19-9-8-14-6-5-7-15(21)12-14;/h5-7,12,16,21H,3-4,8-11,13H2,1-2H3,(H,18,19);1H. The van der Waals surface area contributed by atoms with Crippen molar-refractivity contribution >= 4 is 41.7 Å². The molecule has 1 aromatic rings. The molecule has 1 heterocycles. The fraction of sp³-hybridized carbons (Fsp3) is 0.588. The zero-order chi connectivity index (χ0) is 15.8. The molecule has 4 nitrogen and oxygen atoms in total. The molecule has 2 N–H and O–H groups in total. The molecule has 0 bridgehead atoms. The largest absolute Gasteiger partial charge is 0.508 e. The Morgan fingerprint density at radius 1 is 1.43 bits per heavy atom. The van der Waals surface area contributed by atoms with Crippen molar-refractivity contribution in [3.05, 3.63) is 29.8 Å². The van der Waals surface area contributed by atoms with E-state index in [2.05, 4.69) is 35.8 Å². The van der Waals surface area contributed by atoms with E-state index in [0.717, 1.165) is 44.1 Å². The fourth-order valence-electron chi connectivity index (χ4n) is 2.59. The lowest BCUT2D eigenvalue weighted by molar-refractivity contribution is 0.408. The van der Waals surface area contributed by atoms with Crippen molar-refractivity contribution in [2.24, 2.45) is 4.99 Å². The summed E-state index contributed by atoms with van der Waals surface area (Å²) in [4.78, 5) is 7.16. The minimum atomic E-state index is 0. The number of halogens is 1. The van der Waals surface area contributed by atoms with Crippen LogP contribution < -0.4 is 5.32 Å². The minimum absolute atomic E-state index is 0. The second-order valence-corrected chi connectivity index (χ2v) is 6.91. The van der Waals surface area contributed by atoms with Gasteiger partial charge in [-0.3, -0.25) is 4.99 Å². The van der Waals surface area contributed by atoms with Crippen LogP contribution in [-0.4, -0.2) is 53.1 Å². The summed E-state index contributed by atoms with van der Waals surface area (Å²) in [5.41, 5.74) is 1.13. The Bertz CT molecular complexity index is 498. The van der Waals surface area contributed by atoms with E-state index in [1.807, 2.05) is 18.2 Å². The molecule has 1 aliphatic heterocycles. The van der Waals surface area contributed by atoms with Crippen molar-refractivity contribution in [2.45, 2.75) is 31.9 Å². The van der Waals surface area contributed by atoms with Gasteiger partial charge in [0.1, 0.15) is 5.75 Å². The van der Waals surface area contributed by atoms with Crippen LogP contribution in [0.3, 0.4) is 0 Å². The topological polar surface area (TPSA) is 47.9 Å². The van der Waals surface area contributed by atoms with E-state index in [0.29, 0.717) is 11.0 Å². The molecule has 1 saturated heterocycles. The molecule has 1 atom stereocenters. The number of rotatable bonds is 5. The van der Waals surface area contributed by atoms with E-state index in [1.165, 1.54) is 12.2 Å². The highest BCUT2D eigenvalue weighted by atomic mass is 127. The van der Waals surface area contributed by atoms with E-state index in [4.69, 9.17) is 4.99 Å². The van der Waals surface area contributed by atoms with Crippen molar-refractivity contribution in [3.8, 4) is 5.75 Å². The molecule has 0 amide bonds. The average Bonchev–Trinajstić information content (AvgIpc) is 2.54. The number of thioether (sulfide) groups is 1. The third-order valence-electron chi connectivity index (χ3n) is 3.80. The number of aliphatic imine (C=N–C) groups is 1. The molecule has 0 spiro atoms. The number of nitrogens with one attached hydrogen (secondary N) is 1. The lowest BCUT2D eigenvalue weighted by Crippen LogP contribution is -2.48. The van der Waals surface area contributed by atoms with Gasteiger partial charge in [-0.2, -0.15) is 11.8 Å². The van der Waals surface area contributed by atoms with Crippen LogP contribution in [-0.2, 0) is 6.42 Å². The summed E-state index contributed by atoms with van der Waals surface area (Å²) in [7, 11) is 0. The Kier molecular flexibility index (Phi) is 9.78. The van der Waals surface area contributed by atoms with Crippen LogP contribution in [0.1, 0.15) is 25.8 Å². The summed E-state index contributed by atoms with van der Waals surface area (Å²) in [6.07, 6.45) is 2.06. The van der Waals surface area contributed by atoms with Crippen molar-refractivity contribution in [1.82, 2.24) is 10.2 Å². The van der Waals surface area contributed by atoms with Gasteiger partial charge in [0, 0.05) is 37.2 Å². The van der Waals surface area contributed by atoms with Crippen LogP contribution in [0, 0.1) is 0 Å². The second-order valence-electron chi connectivity index (χ2n) is 5.50. The number of guanidine groups is 1. The highest BCUT2D eigenvalue weighted by Gasteiger charge is 2.21. The van der Waals surface area contributed by atoms with Crippen molar-refractivity contribution < 1.29 is 5.11 Å². The maximum absolute atomic E-state index is 9.51. The van der Waals surface area contributed by atoms with Gasteiger partial charge < -0.3 is 15.3 Å². The van der Waals surface area contributed by atoms with Crippen LogP contribution in [0.25, 0.3) is 0 Å². The lowest BCUT2D eigenvalue weighted by Gasteiger charge is -2.34. The molecule has 1 fully saturated rings. The van der Waals surface area contributed by atoms with Crippen LogP contribution in [0.5, 0.6) is 5.75 Å². The average molecular weight is 449 g/mol. The maximum atomic E-state index is 9.51. The number of phenolic OH excluding ortho intramolecular Hbond substituents is 1. The summed E-state index contributed by atoms with van der Waals surface area (Å²) < 4.78 is 0. The first-order chi connectivity index (χ1) is 10.7. The monoisotopic (exact) mass is 449 g/mol. The number of benzene rings is 1. The van der Waals surface area contributed by atoms with E-state index in [9.17, 15) is 5.11 Å². The number of nitrogens with zero attached hydrogens (tertiary/aromatic N) is 2. The van der Waals surface area contributed by atoms with Gasteiger partial charge in [0.25, 0.3) is 0 Å². The Labute approximate surface area is 161 Å². The first kappa shape index (κ1) is 20.4. The van der Waals surface area contributed by atoms with Crippen molar-refractivity contribution in [3.63, 3.8) is 0 Å². The highest BCUT2D eigenvalue weighted by Crippen LogP contribution is 2.21. The van der Waals surface area contributed by atoms with E-state index < -0.39 is 0 Å². The fourth-order valence-corrected chi connectivity index (χ4v) is 3.77. The number of aromatic hydroxyl groups is 1. The number of hydrogen-bond donors (Lipinski definition) is 2. The van der Waals surface area contributed by atoms with Crippen LogP contribution in [0.2, 0.25) is 0 Å². The molecule has 0 radical (unpaired) electrons. The zero-order valence-corrected chi connectivity index (χ0v) is 17.1. The summed E-state index contributed by atoms with van der Waals surface area (Å²) in [5, 5.41) is 13.6. The molecular formula is C17H28IN3OS. The predicted octanol–water partition coefficient (Wildman–Crippen LogP) is 3.35. The Morgan fingerprint density at radius 3 is 2.96 bits per heavy atom. The zero-order valence-electron chi connectivity index (χ0n) is 14.0. The van der Waals surface area contributed by atoms with Gasteiger partial charge in [-0.05, 0) is 37.5 Å². The normalized spacial score (nSPS) is 18.4. The molecule has 1 unspecified atom stereocenters. The van der Waals surface area contributed by atoms with E-state index >= 15 is 0 Å². The van der Waals surface area contributed by atoms with E-state index in [1.54, 1.807) is 6.07 Å². The molecule has 6 heteroatoms. The molecule has 130 valence electrons. The third kappa shape index (κ3) is 6.79. The molecular weight excluding hydrogens is 421 g/mol. The SMILES string of the molecule is CCNC(=NCCc1cccc(O)c1)N1CCSC(CC)C1.I. The van der Waals surface area contributed by atoms with Gasteiger partial charge in [-0.1, -0.05) is 19.1 Å². The van der Waals surface area contributed by atoms with Crippen molar-refractivity contribution in [2.75, 3.05) is 31.9 Å². The van der Waals surface area contributed by atoms with Crippen LogP contribution in [0.15, 0.2) is 29.3 Å². The molecule has 2 rings (SSSR count). The molecule has 23 heavy (non-hydrogen) atoms. The first-order valence-electron chi connectivity index (χ1n) is 8.15. The van der Waals surface area contributed by atoms with Crippen LogP contribution in [0.4, 0.5) is 0 Å². The Hall–Kier alpha value is -0.630. The first-order valence-corrected chi connectivity index (χ1v) is 9.20. The summed E-state index contributed by atoms with van der Waals surface area (Å²) >= 11 is 2.07. The maximum Gasteiger partial charge on any atom is 0.193 e. The van der Waals surface area contributed by atoms with Gasteiger partial charge in [0.2, 0.25) is 0 Å². The molecule has 0 aromatic heterocycles. The third-order valence-corrected chi connectivity index (χ3v) is 5.17. The smallest absolute Gasteiger partial charge is 0.193 e. The Morgan fingerprint density at radius 2 is 2.26 bits per heavy atom. The lowest BCUT2D eigenvalue weighted by atomic mass is 10.1. The quantitative estimate of drug-likeness (QED) is 0.411. The van der Waals surface area contributed by atoms with Gasteiger partial charge in [-0.25, -0.2) is 0 Å². The van der Waals surface area contributed by atoms with Gasteiger partial charge >= 0.3 is 0 Å². The van der Waals surface area contributed by atoms with Gasteiger partial charge in [0.15, 0.2) is 5.96 Å². The molecule has 1 aromatic carbocycles. The summed E-state index contributed by atoms with van der Waals surface area (Å²) in [6.45, 7) is 8.16. The van der Waals surface area contributed by atoms with E-state index in [-0.39, 0.29) is 24.0 Å². The number of hydrogen-bond acceptors (Lipinski definition) is 3. The molecule has 1 aliphatic rings. The van der Waals surface area contributed by atoms with Crippen molar-refractivity contribution in [1.29, 1.82) is 0 Å². The number of phenols is 1. The predicted molar refractivity (Wildman–Crippen MR) is 111 cm³/mol. The highest BCUT2D eigenvalue weighted by molar-refractivity contribution is 14.0. The Balaban J connectivity index is 0.00000264. The molecule has 0 aliphatic carbocycles. The van der Waals surface area contributed by atoms with Crippen LogP contribution >= 0.6 is 35.7 Å². The van der Waals surface area contributed by atoms with Gasteiger partial charge in [-0.15, -0.1) is 24.0 Å².